The highest BCUT2D eigenvalue weighted by atomic mass is 16.6. The van der Waals surface area contributed by atoms with Crippen LogP contribution in [0.3, 0.4) is 0 Å². The number of ether oxygens (including phenoxy) is 1. The molecule has 1 amide bonds. The lowest BCUT2D eigenvalue weighted by atomic mass is 10.2. The summed E-state index contributed by atoms with van der Waals surface area (Å²) in [6.45, 7) is 9.02. The van der Waals surface area contributed by atoms with Crippen LogP contribution in [0.5, 0.6) is 0 Å². The molecule has 0 radical (unpaired) electrons. The molecule has 1 aliphatic rings. The molecule has 0 bridgehead atoms. The molecule has 98 valence electrons. The molecule has 0 heterocycles. The normalized spacial score (nSPS) is 27.5. The summed E-state index contributed by atoms with van der Waals surface area (Å²) in [5.41, 5.74) is -0.602. The zero-order valence-corrected chi connectivity index (χ0v) is 11.1. The lowest BCUT2D eigenvalue weighted by Crippen LogP contribution is -2.42. The van der Waals surface area contributed by atoms with Crippen molar-refractivity contribution in [3.05, 3.63) is 0 Å². The summed E-state index contributed by atoms with van der Waals surface area (Å²) >= 11 is 0. The second kappa shape index (κ2) is 4.55. The van der Waals surface area contributed by atoms with Gasteiger partial charge in [0.2, 0.25) is 0 Å². The summed E-state index contributed by atoms with van der Waals surface area (Å²) in [4.78, 5) is 24.0. The van der Waals surface area contributed by atoms with Gasteiger partial charge in [0.25, 0.3) is 0 Å². The topological polar surface area (TPSA) is 66.8 Å². The first-order chi connectivity index (χ1) is 7.63. The second-order valence-electron chi connectivity index (χ2n) is 5.71. The fourth-order valence-electron chi connectivity index (χ4n) is 1.96. The van der Waals surface area contributed by atoms with E-state index < -0.39 is 17.7 Å². The third-order valence-electron chi connectivity index (χ3n) is 3.06. The van der Waals surface area contributed by atoms with E-state index in [2.05, 4.69) is 0 Å². The Morgan fingerprint density at radius 2 is 1.71 bits per heavy atom. The summed E-state index contributed by atoms with van der Waals surface area (Å²) in [5.74, 6) is -0.342. The number of rotatable bonds is 3. The van der Waals surface area contributed by atoms with Gasteiger partial charge in [0.05, 0.1) is 0 Å². The SMILES string of the molecule is CC1C(N(CC(=O)O)C(=O)OC(C)(C)C)[C@@H]1C. The van der Waals surface area contributed by atoms with Crippen molar-refractivity contribution in [2.75, 3.05) is 6.54 Å². The summed E-state index contributed by atoms with van der Waals surface area (Å²) in [6.07, 6.45) is -0.541. The molecule has 1 aliphatic carbocycles. The Kier molecular flexibility index (Phi) is 3.69. The number of carbonyl (C=O) groups excluding carboxylic acids is 1. The van der Waals surface area contributed by atoms with Gasteiger partial charge in [0.1, 0.15) is 12.1 Å². The van der Waals surface area contributed by atoms with Crippen LogP contribution in [0.1, 0.15) is 34.6 Å². The van der Waals surface area contributed by atoms with Gasteiger partial charge in [0, 0.05) is 6.04 Å². The van der Waals surface area contributed by atoms with Crippen LogP contribution >= 0.6 is 0 Å². The Hall–Kier alpha value is -1.26. The minimum absolute atomic E-state index is 0.0130. The van der Waals surface area contributed by atoms with Gasteiger partial charge in [-0.15, -0.1) is 0 Å². The summed E-state index contributed by atoms with van der Waals surface area (Å²) in [7, 11) is 0. The van der Waals surface area contributed by atoms with Crippen LogP contribution in [0.2, 0.25) is 0 Å². The largest absolute Gasteiger partial charge is 0.480 e. The number of amides is 1. The molecule has 0 aromatic heterocycles. The molecule has 1 fully saturated rings. The standard InChI is InChI=1S/C12H21NO4/c1-7-8(2)10(7)13(6-9(14)15)11(16)17-12(3,4)5/h7-8,10H,6H2,1-5H3,(H,14,15)/t7-,8?,10?/m1/s1. The first-order valence-electron chi connectivity index (χ1n) is 5.85. The third-order valence-corrected chi connectivity index (χ3v) is 3.06. The number of hydrogen-bond acceptors (Lipinski definition) is 3. The van der Waals surface area contributed by atoms with E-state index in [1.807, 2.05) is 13.8 Å². The number of aliphatic carboxylic acids is 1. The van der Waals surface area contributed by atoms with E-state index in [1.54, 1.807) is 20.8 Å². The van der Waals surface area contributed by atoms with Crippen LogP contribution in [-0.4, -0.2) is 40.3 Å². The number of carboxylic acid groups (broad SMARTS) is 1. The Labute approximate surface area is 102 Å². The average Bonchev–Trinajstić information content (AvgIpc) is 2.67. The van der Waals surface area contributed by atoms with Gasteiger partial charge in [-0.25, -0.2) is 4.79 Å². The highest BCUT2D eigenvalue weighted by Gasteiger charge is 2.50. The van der Waals surface area contributed by atoms with Gasteiger partial charge in [-0.3, -0.25) is 9.69 Å². The monoisotopic (exact) mass is 243 g/mol. The lowest BCUT2D eigenvalue weighted by molar-refractivity contribution is -0.138. The highest BCUT2D eigenvalue weighted by Crippen LogP contribution is 2.42. The smallest absolute Gasteiger partial charge is 0.411 e. The minimum atomic E-state index is -1.01. The van der Waals surface area contributed by atoms with Gasteiger partial charge in [-0.2, -0.15) is 0 Å². The summed E-state index contributed by atoms with van der Waals surface area (Å²) in [6, 6.07) is -0.0130. The number of carbonyl (C=O) groups is 2. The molecule has 1 saturated carbocycles. The van der Waals surface area contributed by atoms with Crippen molar-refractivity contribution in [1.82, 2.24) is 4.90 Å². The molecule has 17 heavy (non-hydrogen) atoms. The van der Waals surface area contributed by atoms with Crippen LogP contribution in [0.4, 0.5) is 4.79 Å². The zero-order chi connectivity index (χ0) is 13.4. The molecular formula is C12H21NO4. The fraction of sp³-hybridized carbons (Fsp3) is 0.833. The Morgan fingerprint density at radius 1 is 1.24 bits per heavy atom. The molecule has 1 N–H and O–H groups in total. The molecule has 5 heteroatoms. The van der Waals surface area contributed by atoms with Crippen molar-refractivity contribution in [1.29, 1.82) is 0 Å². The van der Waals surface area contributed by atoms with Crippen molar-refractivity contribution >= 4 is 12.1 Å². The Morgan fingerprint density at radius 3 is 2.00 bits per heavy atom. The molecule has 1 rings (SSSR count). The van der Waals surface area contributed by atoms with E-state index in [0.717, 1.165) is 0 Å². The highest BCUT2D eigenvalue weighted by molar-refractivity contribution is 5.77. The molecular weight excluding hydrogens is 222 g/mol. The van der Waals surface area contributed by atoms with E-state index in [0.29, 0.717) is 11.8 Å². The second-order valence-corrected chi connectivity index (χ2v) is 5.71. The maximum Gasteiger partial charge on any atom is 0.411 e. The molecule has 2 unspecified atom stereocenters. The van der Waals surface area contributed by atoms with Crippen LogP contribution in [-0.2, 0) is 9.53 Å². The van der Waals surface area contributed by atoms with Gasteiger partial charge < -0.3 is 9.84 Å². The van der Waals surface area contributed by atoms with Crippen molar-refractivity contribution in [2.24, 2.45) is 11.8 Å². The van der Waals surface area contributed by atoms with Crippen molar-refractivity contribution in [3.63, 3.8) is 0 Å². The number of nitrogens with zero attached hydrogens (tertiary/aromatic N) is 1. The van der Waals surface area contributed by atoms with Gasteiger partial charge >= 0.3 is 12.1 Å². The van der Waals surface area contributed by atoms with Crippen molar-refractivity contribution in [3.8, 4) is 0 Å². The van der Waals surface area contributed by atoms with E-state index >= 15 is 0 Å². The molecule has 0 aromatic carbocycles. The maximum absolute atomic E-state index is 11.9. The molecule has 0 aromatic rings. The molecule has 0 aliphatic heterocycles. The first-order valence-corrected chi connectivity index (χ1v) is 5.85. The van der Waals surface area contributed by atoms with E-state index in [-0.39, 0.29) is 12.6 Å². The molecule has 0 saturated heterocycles. The van der Waals surface area contributed by atoms with Crippen LogP contribution < -0.4 is 0 Å². The Balaban J connectivity index is 2.70. The fourth-order valence-corrected chi connectivity index (χ4v) is 1.96. The number of carboxylic acids is 1. The van der Waals surface area contributed by atoms with Crippen LogP contribution in [0.25, 0.3) is 0 Å². The minimum Gasteiger partial charge on any atom is -0.480 e. The summed E-state index contributed by atoms with van der Waals surface area (Å²) in [5, 5.41) is 8.83. The third kappa shape index (κ3) is 3.61. The van der Waals surface area contributed by atoms with Crippen molar-refractivity contribution < 1.29 is 19.4 Å². The van der Waals surface area contributed by atoms with Gasteiger partial charge in [0.15, 0.2) is 0 Å². The zero-order valence-electron chi connectivity index (χ0n) is 11.1. The average molecular weight is 243 g/mol. The lowest BCUT2D eigenvalue weighted by Gasteiger charge is -2.26. The summed E-state index contributed by atoms with van der Waals surface area (Å²) < 4.78 is 5.22. The molecule has 0 spiro atoms. The van der Waals surface area contributed by atoms with Gasteiger partial charge in [-0.05, 0) is 32.6 Å². The van der Waals surface area contributed by atoms with Crippen molar-refractivity contribution in [2.45, 2.75) is 46.3 Å². The number of hydrogen-bond donors (Lipinski definition) is 1. The van der Waals surface area contributed by atoms with Crippen LogP contribution in [0, 0.1) is 11.8 Å². The van der Waals surface area contributed by atoms with Crippen LogP contribution in [0.15, 0.2) is 0 Å². The molecule has 5 nitrogen and oxygen atoms in total. The van der Waals surface area contributed by atoms with E-state index in [1.165, 1.54) is 4.90 Å². The maximum atomic E-state index is 11.9. The van der Waals surface area contributed by atoms with E-state index in [9.17, 15) is 9.59 Å². The predicted octanol–water partition coefficient (Wildman–Crippen LogP) is 1.96. The van der Waals surface area contributed by atoms with Gasteiger partial charge in [-0.1, -0.05) is 13.8 Å². The first kappa shape index (κ1) is 13.8. The predicted molar refractivity (Wildman–Crippen MR) is 62.7 cm³/mol. The molecule has 3 atom stereocenters. The van der Waals surface area contributed by atoms with E-state index in [4.69, 9.17) is 9.84 Å². The Bertz CT molecular complexity index is 313. The quantitative estimate of drug-likeness (QED) is 0.822.